The number of aromatic nitrogens is 1. The van der Waals surface area contributed by atoms with Crippen molar-refractivity contribution in [1.82, 2.24) is 14.8 Å². The molecule has 2 aliphatic heterocycles. The van der Waals surface area contributed by atoms with E-state index < -0.39 is 0 Å². The molecule has 33 heavy (non-hydrogen) atoms. The first kappa shape index (κ1) is 23.2. The van der Waals surface area contributed by atoms with Crippen molar-refractivity contribution in [2.75, 3.05) is 63.9 Å². The van der Waals surface area contributed by atoms with Gasteiger partial charge in [0.15, 0.2) is 0 Å². The normalized spacial score (nSPS) is 19.9. The fourth-order valence-corrected chi connectivity index (χ4v) is 6.44. The smallest absolute Gasteiger partial charge is 0.147 e. The average molecular weight is 467 g/mol. The summed E-state index contributed by atoms with van der Waals surface area (Å²) in [4.78, 5) is 14.9. The Balaban J connectivity index is 1.03. The molecule has 3 heterocycles. The molecule has 0 spiro atoms. The van der Waals surface area contributed by atoms with Crippen molar-refractivity contribution in [3.05, 3.63) is 42.6 Å². The highest BCUT2D eigenvalue weighted by atomic mass is 32.2. The summed E-state index contributed by atoms with van der Waals surface area (Å²) in [6, 6.07) is 13.0. The molecule has 5 rings (SSSR count). The van der Waals surface area contributed by atoms with E-state index in [9.17, 15) is 0 Å². The first-order valence-electron chi connectivity index (χ1n) is 12.9. The molecule has 5 nitrogen and oxygen atoms in total. The lowest BCUT2D eigenvalue weighted by Gasteiger charge is -2.36. The molecule has 0 amide bonds. The molecule has 1 aromatic heterocycles. The van der Waals surface area contributed by atoms with E-state index in [0.29, 0.717) is 0 Å². The number of nitrogens with zero attached hydrogens (tertiary/aromatic N) is 4. The Bertz CT molecular complexity index is 834. The topological polar surface area (TPSA) is 31.8 Å². The maximum Gasteiger partial charge on any atom is 0.147 e. The number of piperazine rings is 1. The monoisotopic (exact) mass is 466 g/mol. The van der Waals surface area contributed by atoms with Crippen LogP contribution in [0.2, 0.25) is 0 Å². The summed E-state index contributed by atoms with van der Waals surface area (Å²) in [5.41, 5.74) is 1.30. The van der Waals surface area contributed by atoms with Gasteiger partial charge in [-0.1, -0.05) is 43.2 Å². The molecule has 0 radical (unpaired) electrons. The van der Waals surface area contributed by atoms with Crippen LogP contribution in [0.25, 0.3) is 0 Å². The number of para-hydroxylation sites is 1. The first-order chi connectivity index (χ1) is 16.4. The minimum atomic E-state index is 0.822. The van der Waals surface area contributed by atoms with E-state index in [0.717, 1.165) is 51.0 Å². The maximum absolute atomic E-state index is 6.02. The molecule has 0 atom stereocenters. The van der Waals surface area contributed by atoms with Gasteiger partial charge in [-0.2, -0.15) is 0 Å². The predicted octanol–water partition coefficient (Wildman–Crippen LogP) is 5.29. The molecular formula is C27H38N4OS. The summed E-state index contributed by atoms with van der Waals surface area (Å²) < 4.78 is 6.02. The summed E-state index contributed by atoms with van der Waals surface area (Å²) in [7, 11) is 0. The molecule has 0 unspecified atom stereocenters. The standard InChI is InChI=1S/C27H38N4OS/c1-2-8-23(9-3-1)22-32-21-20-30-18-16-29(17-19-30)14-7-15-31-24-10-4-5-11-25(24)33-26-12-6-13-28-27(26)31/h4-6,10-13,23H,1-3,7-9,14-22H2. The Hall–Kier alpha value is -1.60. The summed E-state index contributed by atoms with van der Waals surface area (Å²) in [6.45, 7) is 9.81. The van der Waals surface area contributed by atoms with Crippen molar-refractivity contribution in [2.24, 2.45) is 5.92 Å². The molecule has 178 valence electrons. The van der Waals surface area contributed by atoms with Crippen molar-refractivity contribution in [1.29, 1.82) is 0 Å². The summed E-state index contributed by atoms with van der Waals surface area (Å²) in [5, 5.41) is 0. The number of fused-ring (bicyclic) bond motifs is 2. The zero-order valence-electron chi connectivity index (χ0n) is 19.8. The van der Waals surface area contributed by atoms with Crippen LogP contribution >= 0.6 is 11.8 Å². The van der Waals surface area contributed by atoms with Gasteiger partial charge in [0.05, 0.1) is 17.2 Å². The van der Waals surface area contributed by atoms with Crippen LogP contribution in [0.4, 0.5) is 11.5 Å². The second-order valence-corrected chi connectivity index (χ2v) is 10.7. The highest BCUT2D eigenvalue weighted by Gasteiger charge is 2.24. The highest BCUT2D eigenvalue weighted by molar-refractivity contribution is 7.99. The van der Waals surface area contributed by atoms with E-state index in [1.54, 1.807) is 0 Å². The van der Waals surface area contributed by atoms with E-state index in [2.05, 4.69) is 45.0 Å². The Kier molecular flexibility index (Phi) is 8.21. The van der Waals surface area contributed by atoms with E-state index in [-0.39, 0.29) is 0 Å². The van der Waals surface area contributed by atoms with Crippen LogP contribution in [0, 0.1) is 5.92 Å². The molecular weight excluding hydrogens is 428 g/mol. The van der Waals surface area contributed by atoms with Crippen molar-refractivity contribution in [3.8, 4) is 0 Å². The van der Waals surface area contributed by atoms with Gasteiger partial charge in [-0.15, -0.1) is 0 Å². The van der Waals surface area contributed by atoms with Crippen molar-refractivity contribution >= 4 is 23.3 Å². The minimum Gasteiger partial charge on any atom is -0.380 e. The lowest BCUT2D eigenvalue weighted by atomic mass is 9.90. The van der Waals surface area contributed by atoms with Crippen molar-refractivity contribution in [2.45, 2.75) is 48.3 Å². The molecule has 0 N–H and O–H groups in total. The third kappa shape index (κ3) is 6.10. The van der Waals surface area contributed by atoms with Gasteiger partial charge in [0.2, 0.25) is 0 Å². The van der Waals surface area contributed by atoms with Crippen LogP contribution in [0.15, 0.2) is 52.4 Å². The quantitative estimate of drug-likeness (QED) is 0.467. The van der Waals surface area contributed by atoms with Crippen LogP contribution < -0.4 is 4.90 Å². The van der Waals surface area contributed by atoms with E-state index in [1.165, 1.54) is 73.8 Å². The van der Waals surface area contributed by atoms with Gasteiger partial charge >= 0.3 is 0 Å². The number of hydrogen-bond acceptors (Lipinski definition) is 6. The van der Waals surface area contributed by atoms with E-state index in [1.807, 2.05) is 24.0 Å². The number of pyridine rings is 1. The van der Waals surface area contributed by atoms with Gasteiger partial charge in [-0.25, -0.2) is 4.98 Å². The van der Waals surface area contributed by atoms with Crippen LogP contribution in [0.3, 0.4) is 0 Å². The van der Waals surface area contributed by atoms with Gasteiger partial charge in [0, 0.05) is 57.0 Å². The maximum atomic E-state index is 6.02. The molecule has 1 saturated heterocycles. The number of benzene rings is 1. The molecule has 2 fully saturated rings. The van der Waals surface area contributed by atoms with Crippen LogP contribution in [-0.4, -0.2) is 73.8 Å². The van der Waals surface area contributed by atoms with Gasteiger partial charge < -0.3 is 14.5 Å². The van der Waals surface area contributed by atoms with Crippen LogP contribution in [0.1, 0.15) is 38.5 Å². The van der Waals surface area contributed by atoms with Crippen molar-refractivity contribution in [3.63, 3.8) is 0 Å². The Morgan fingerprint density at radius 1 is 0.848 bits per heavy atom. The molecule has 0 bridgehead atoms. The zero-order valence-corrected chi connectivity index (χ0v) is 20.6. The predicted molar refractivity (Wildman–Crippen MR) is 137 cm³/mol. The summed E-state index contributed by atoms with van der Waals surface area (Å²) in [5.74, 6) is 1.93. The van der Waals surface area contributed by atoms with Crippen LogP contribution in [0.5, 0.6) is 0 Å². The van der Waals surface area contributed by atoms with Gasteiger partial charge in [0.25, 0.3) is 0 Å². The largest absolute Gasteiger partial charge is 0.380 e. The summed E-state index contributed by atoms with van der Waals surface area (Å²) >= 11 is 1.83. The van der Waals surface area contributed by atoms with E-state index in [4.69, 9.17) is 9.72 Å². The Morgan fingerprint density at radius 2 is 1.61 bits per heavy atom. The molecule has 3 aliphatic rings. The highest BCUT2D eigenvalue weighted by Crippen LogP contribution is 2.46. The number of anilines is 2. The number of rotatable bonds is 9. The van der Waals surface area contributed by atoms with Gasteiger partial charge in [-0.05, 0) is 56.0 Å². The first-order valence-corrected chi connectivity index (χ1v) is 13.7. The third-order valence-corrected chi connectivity index (χ3v) is 8.44. The van der Waals surface area contributed by atoms with Gasteiger partial charge in [0.1, 0.15) is 5.82 Å². The minimum absolute atomic E-state index is 0.822. The lowest BCUT2D eigenvalue weighted by molar-refractivity contribution is 0.0520. The SMILES string of the molecule is c1ccc2c(c1)Sc1cccnc1N2CCCN1CCN(CCOCC2CCCCC2)CC1. The van der Waals surface area contributed by atoms with Crippen molar-refractivity contribution < 1.29 is 4.74 Å². The second kappa shape index (κ2) is 11.7. The Labute approximate surface area is 203 Å². The molecule has 1 aromatic carbocycles. The van der Waals surface area contributed by atoms with E-state index >= 15 is 0 Å². The van der Waals surface area contributed by atoms with Crippen LogP contribution in [-0.2, 0) is 4.74 Å². The second-order valence-electron chi connectivity index (χ2n) is 9.66. The molecule has 6 heteroatoms. The fourth-order valence-electron chi connectivity index (χ4n) is 5.38. The number of hydrogen-bond donors (Lipinski definition) is 0. The number of ether oxygens (including phenoxy) is 1. The molecule has 2 aromatic rings. The Morgan fingerprint density at radius 3 is 2.45 bits per heavy atom. The molecule has 1 saturated carbocycles. The third-order valence-electron chi connectivity index (χ3n) is 7.33. The summed E-state index contributed by atoms with van der Waals surface area (Å²) in [6.07, 6.45) is 10.1. The fraction of sp³-hybridized carbons (Fsp3) is 0.593. The lowest BCUT2D eigenvalue weighted by Crippen LogP contribution is -2.47. The molecule has 1 aliphatic carbocycles. The van der Waals surface area contributed by atoms with Gasteiger partial charge in [-0.3, -0.25) is 4.90 Å². The zero-order chi connectivity index (χ0) is 22.3. The average Bonchev–Trinajstić information content (AvgIpc) is 2.87.